The Morgan fingerprint density at radius 2 is 1.70 bits per heavy atom. The Morgan fingerprint density at radius 1 is 1.30 bits per heavy atom. The summed E-state index contributed by atoms with van der Waals surface area (Å²) in [6, 6.07) is 9.97. The number of hydrogen-bond donors (Lipinski definition) is 0. The first-order valence-corrected chi connectivity index (χ1v) is 3.73. The molecule has 10 heavy (non-hydrogen) atoms. The van der Waals surface area contributed by atoms with Crippen LogP contribution in [-0.4, -0.2) is 0 Å². The minimum absolute atomic E-state index is 1.13. The van der Waals surface area contributed by atoms with Crippen molar-refractivity contribution < 1.29 is 0 Å². The van der Waals surface area contributed by atoms with Gasteiger partial charge in [-0.2, -0.15) is 0 Å². The van der Waals surface area contributed by atoms with Crippen LogP contribution >= 0.6 is 15.9 Å². The second kappa shape index (κ2) is 6.53. The first-order chi connectivity index (χ1) is 4.81. The van der Waals surface area contributed by atoms with Gasteiger partial charge in [0.25, 0.3) is 0 Å². The maximum Gasteiger partial charge on any atom is 0.0175 e. The number of nitriles is 1. The Hall–Kier alpha value is -0.590. The molecular formula is C7H5BrNS-. The van der Waals surface area contributed by atoms with Crippen molar-refractivity contribution in [3.8, 4) is 5.40 Å². The molecule has 3 heteroatoms. The summed E-state index contributed by atoms with van der Waals surface area (Å²) in [4.78, 5) is 0. The van der Waals surface area contributed by atoms with Gasteiger partial charge >= 0.3 is 0 Å². The van der Waals surface area contributed by atoms with Gasteiger partial charge in [0.1, 0.15) is 0 Å². The van der Waals surface area contributed by atoms with E-state index in [4.69, 9.17) is 5.26 Å². The summed E-state index contributed by atoms with van der Waals surface area (Å²) in [6.45, 7) is 0. The third-order valence-electron chi connectivity index (χ3n) is 0.733. The summed E-state index contributed by atoms with van der Waals surface area (Å²) in [6.07, 6.45) is 0. The van der Waals surface area contributed by atoms with E-state index in [1.807, 2.05) is 30.3 Å². The van der Waals surface area contributed by atoms with Crippen molar-refractivity contribution in [2.45, 2.75) is 0 Å². The van der Waals surface area contributed by atoms with E-state index in [2.05, 4.69) is 28.6 Å². The number of hydrogen-bond acceptors (Lipinski definition) is 2. The number of halogens is 1. The molecule has 0 bridgehead atoms. The van der Waals surface area contributed by atoms with Gasteiger partial charge in [-0.05, 0) is 12.1 Å². The SMILES string of the molecule is Brc1ccccc1.N#C[S-]. The Morgan fingerprint density at radius 3 is 1.90 bits per heavy atom. The molecule has 0 aromatic heterocycles. The highest BCUT2D eigenvalue weighted by atomic mass is 79.9. The van der Waals surface area contributed by atoms with Crippen molar-refractivity contribution in [2.75, 3.05) is 0 Å². The molecule has 0 fully saturated rings. The molecule has 0 aliphatic heterocycles. The zero-order valence-electron chi connectivity index (χ0n) is 5.12. The molecule has 1 aromatic carbocycles. The molecular weight excluding hydrogens is 210 g/mol. The van der Waals surface area contributed by atoms with Gasteiger partial charge in [0, 0.05) is 4.47 Å². The van der Waals surface area contributed by atoms with Gasteiger partial charge < -0.3 is 12.6 Å². The van der Waals surface area contributed by atoms with Crippen LogP contribution in [0.5, 0.6) is 0 Å². The normalized spacial score (nSPS) is 6.80. The standard InChI is InChI=1S/C6H5Br.CHNS/c7-6-4-2-1-3-5-6;2-1-3/h1-5H;3H/p-1. The lowest BCUT2D eigenvalue weighted by Gasteiger charge is -1.80. The van der Waals surface area contributed by atoms with E-state index in [9.17, 15) is 0 Å². The van der Waals surface area contributed by atoms with Gasteiger partial charge in [0.2, 0.25) is 0 Å². The van der Waals surface area contributed by atoms with E-state index in [0.717, 1.165) is 4.47 Å². The van der Waals surface area contributed by atoms with Crippen molar-refractivity contribution in [3.63, 3.8) is 0 Å². The fourth-order valence-electron chi connectivity index (χ4n) is 0.415. The minimum Gasteiger partial charge on any atom is -0.696 e. The van der Waals surface area contributed by atoms with Gasteiger partial charge in [-0.1, -0.05) is 39.5 Å². The lowest BCUT2D eigenvalue weighted by molar-refractivity contribution is 1.57. The van der Waals surface area contributed by atoms with Gasteiger partial charge in [-0.15, -0.1) is 0 Å². The molecule has 0 spiro atoms. The van der Waals surface area contributed by atoms with Crippen LogP contribution < -0.4 is 0 Å². The lowest BCUT2D eigenvalue weighted by atomic mass is 10.4. The molecule has 0 unspecified atom stereocenters. The van der Waals surface area contributed by atoms with Crippen LogP contribution in [0.4, 0.5) is 0 Å². The van der Waals surface area contributed by atoms with E-state index >= 15 is 0 Å². The molecule has 0 aliphatic carbocycles. The maximum absolute atomic E-state index is 7.13. The summed E-state index contributed by atoms with van der Waals surface area (Å²) in [5, 5.41) is 8.47. The first-order valence-electron chi connectivity index (χ1n) is 2.53. The molecule has 0 aliphatic rings. The number of nitrogens with zero attached hydrogens (tertiary/aromatic N) is 1. The summed E-state index contributed by atoms with van der Waals surface area (Å²) in [7, 11) is 0. The highest BCUT2D eigenvalue weighted by Crippen LogP contribution is 2.05. The zero-order valence-corrected chi connectivity index (χ0v) is 7.52. The van der Waals surface area contributed by atoms with Gasteiger partial charge in [-0.25, -0.2) is 5.26 Å². The van der Waals surface area contributed by atoms with Crippen molar-refractivity contribution in [1.29, 1.82) is 5.26 Å². The summed E-state index contributed by atoms with van der Waals surface area (Å²) in [5.74, 6) is 0. The predicted molar refractivity (Wildman–Crippen MR) is 47.1 cm³/mol. The third kappa shape index (κ3) is 5.54. The molecule has 0 atom stereocenters. The Kier molecular flexibility index (Phi) is 6.14. The quantitative estimate of drug-likeness (QED) is 0.490. The summed E-state index contributed by atoms with van der Waals surface area (Å²) < 4.78 is 1.13. The van der Waals surface area contributed by atoms with Crippen molar-refractivity contribution >= 4 is 28.6 Å². The van der Waals surface area contributed by atoms with E-state index < -0.39 is 0 Å². The Labute approximate surface area is 74.2 Å². The number of rotatable bonds is 0. The monoisotopic (exact) mass is 214 g/mol. The molecule has 52 valence electrons. The smallest absolute Gasteiger partial charge is 0.0175 e. The molecule has 0 amide bonds. The molecule has 1 nitrogen and oxygen atoms in total. The second-order valence-electron chi connectivity index (χ2n) is 1.39. The highest BCUT2D eigenvalue weighted by molar-refractivity contribution is 9.10. The van der Waals surface area contributed by atoms with Gasteiger partial charge in [0.05, 0.1) is 0 Å². The van der Waals surface area contributed by atoms with Crippen molar-refractivity contribution in [1.82, 2.24) is 0 Å². The van der Waals surface area contributed by atoms with Crippen LogP contribution in [0.2, 0.25) is 0 Å². The summed E-state index contributed by atoms with van der Waals surface area (Å²) in [5.41, 5.74) is 0. The van der Waals surface area contributed by atoms with Crippen LogP contribution in [0.25, 0.3) is 0 Å². The van der Waals surface area contributed by atoms with Crippen LogP contribution in [-0.2, 0) is 12.6 Å². The second-order valence-corrected chi connectivity index (χ2v) is 2.49. The summed E-state index contributed by atoms with van der Waals surface area (Å²) >= 11 is 7.01. The number of benzene rings is 1. The molecule has 0 N–H and O–H groups in total. The average molecular weight is 215 g/mol. The van der Waals surface area contributed by atoms with Crippen LogP contribution in [0.3, 0.4) is 0 Å². The van der Waals surface area contributed by atoms with Crippen molar-refractivity contribution in [2.24, 2.45) is 0 Å². The fraction of sp³-hybridized carbons (Fsp3) is 0. The Bertz CT molecular complexity index is 205. The topological polar surface area (TPSA) is 23.8 Å². The fourth-order valence-corrected chi connectivity index (χ4v) is 0.720. The molecule has 0 saturated carbocycles. The van der Waals surface area contributed by atoms with Crippen LogP contribution in [0.15, 0.2) is 34.8 Å². The predicted octanol–water partition coefficient (Wildman–Crippen LogP) is 2.46. The zero-order chi connectivity index (χ0) is 7.82. The highest BCUT2D eigenvalue weighted by Gasteiger charge is 1.74. The lowest BCUT2D eigenvalue weighted by Crippen LogP contribution is -1.55. The molecule has 1 rings (SSSR count). The molecule has 0 radical (unpaired) electrons. The Balaban J connectivity index is 0.000000236. The van der Waals surface area contributed by atoms with E-state index in [-0.39, 0.29) is 0 Å². The van der Waals surface area contributed by atoms with Gasteiger partial charge in [0.15, 0.2) is 0 Å². The molecule has 0 heterocycles. The van der Waals surface area contributed by atoms with E-state index in [0.29, 0.717) is 0 Å². The molecule has 0 saturated heterocycles. The first kappa shape index (κ1) is 9.41. The van der Waals surface area contributed by atoms with Gasteiger partial charge in [-0.3, -0.25) is 0 Å². The van der Waals surface area contributed by atoms with Crippen LogP contribution in [0.1, 0.15) is 0 Å². The third-order valence-corrected chi connectivity index (χ3v) is 1.26. The molecule has 1 aromatic rings. The van der Waals surface area contributed by atoms with Crippen molar-refractivity contribution in [3.05, 3.63) is 34.8 Å². The van der Waals surface area contributed by atoms with E-state index in [1.165, 1.54) is 5.40 Å². The number of thiocyanates is 1. The maximum atomic E-state index is 7.13. The van der Waals surface area contributed by atoms with Crippen LogP contribution in [0, 0.1) is 10.7 Å². The minimum atomic E-state index is 1.13. The van der Waals surface area contributed by atoms with E-state index in [1.54, 1.807) is 0 Å². The average Bonchev–Trinajstić information content (AvgIpc) is 1.91. The largest absolute Gasteiger partial charge is 0.696 e.